The lowest BCUT2D eigenvalue weighted by molar-refractivity contribution is -0.117. The lowest BCUT2D eigenvalue weighted by atomic mass is 10.3. The molecule has 0 bridgehead atoms. The number of hydrogen-bond acceptors (Lipinski definition) is 3. The molecule has 0 aliphatic heterocycles. The van der Waals surface area contributed by atoms with Crippen LogP contribution in [0.2, 0.25) is 0 Å². The molecule has 7 heteroatoms. The normalized spacial score (nSPS) is 11.4. The standard InChI is InChI=1S/C8H10BrN3O2.ClH/c1-4(10)8(14)12-6-3-11-2-5(9)7(6)13;/h2-4H,10H2,1H3,(H,11,13)(H,12,14);1H. The van der Waals surface area contributed by atoms with Gasteiger partial charge in [-0.15, -0.1) is 12.4 Å². The van der Waals surface area contributed by atoms with Crippen LogP contribution in [0.25, 0.3) is 0 Å². The first-order valence-electron chi connectivity index (χ1n) is 3.95. The summed E-state index contributed by atoms with van der Waals surface area (Å²) in [7, 11) is 0. The molecule has 1 unspecified atom stereocenters. The van der Waals surface area contributed by atoms with Crippen molar-refractivity contribution in [2.45, 2.75) is 13.0 Å². The number of nitrogens with two attached hydrogens (primary N) is 1. The molecule has 0 spiro atoms. The van der Waals surface area contributed by atoms with Crippen LogP contribution in [-0.4, -0.2) is 16.9 Å². The summed E-state index contributed by atoms with van der Waals surface area (Å²) in [6, 6.07) is -0.645. The number of nitrogens with one attached hydrogen (secondary N) is 2. The van der Waals surface area contributed by atoms with E-state index in [1.165, 1.54) is 12.4 Å². The lowest BCUT2D eigenvalue weighted by Crippen LogP contribution is -2.34. The number of aromatic amines is 1. The van der Waals surface area contributed by atoms with Crippen molar-refractivity contribution in [1.82, 2.24) is 4.98 Å². The summed E-state index contributed by atoms with van der Waals surface area (Å²) < 4.78 is 0.361. The van der Waals surface area contributed by atoms with Gasteiger partial charge in [0.25, 0.3) is 0 Å². The molecule has 84 valence electrons. The maximum Gasteiger partial charge on any atom is 0.241 e. The Morgan fingerprint density at radius 2 is 2.20 bits per heavy atom. The number of carbonyl (C=O) groups excluding carboxylic acids is 1. The Morgan fingerprint density at radius 1 is 1.60 bits per heavy atom. The number of H-pyrrole nitrogens is 1. The maximum absolute atomic E-state index is 11.4. The van der Waals surface area contributed by atoms with Gasteiger partial charge in [0.2, 0.25) is 11.3 Å². The first-order chi connectivity index (χ1) is 6.52. The summed E-state index contributed by atoms with van der Waals surface area (Å²) in [5.74, 6) is -0.395. The molecule has 1 atom stereocenters. The average Bonchev–Trinajstić information content (AvgIpc) is 2.12. The molecule has 0 aliphatic rings. The summed E-state index contributed by atoms with van der Waals surface area (Å²) >= 11 is 3.05. The zero-order chi connectivity index (χ0) is 10.7. The molecular formula is C8H11BrClN3O2. The third-order valence-electron chi connectivity index (χ3n) is 1.57. The van der Waals surface area contributed by atoms with Crippen LogP contribution in [0.4, 0.5) is 5.69 Å². The minimum atomic E-state index is -0.645. The number of carbonyl (C=O) groups is 1. The molecule has 0 radical (unpaired) electrons. The van der Waals surface area contributed by atoms with Gasteiger partial charge < -0.3 is 16.0 Å². The second-order valence-electron chi connectivity index (χ2n) is 2.82. The third kappa shape index (κ3) is 3.65. The number of pyridine rings is 1. The van der Waals surface area contributed by atoms with Crippen LogP contribution in [0, 0.1) is 0 Å². The molecule has 5 nitrogen and oxygen atoms in total. The largest absolute Gasteiger partial charge is 0.365 e. The molecule has 1 heterocycles. The molecule has 4 N–H and O–H groups in total. The fourth-order valence-corrected chi connectivity index (χ4v) is 1.14. The van der Waals surface area contributed by atoms with Gasteiger partial charge in [0.1, 0.15) is 5.69 Å². The van der Waals surface area contributed by atoms with Crippen molar-refractivity contribution in [2.75, 3.05) is 5.32 Å². The van der Waals surface area contributed by atoms with E-state index in [1.54, 1.807) is 6.92 Å². The fraction of sp³-hybridized carbons (Fsp3) is 0.250. The van der Waals surface area contributed by atoms with Crippen LogP contribution in [0.15, 0.2) is 21.7 Å². The van der Waals surface area contributed by atoms with Gasteiger partial charge in [0.15, 0.2) is 0 Å². The van der Waals surface area contributed by atoms with Crippen molar-refractivity contribution in [3.8, 4) is 0 Å². The zero-order valence-corrected chi connectivity index (χ0v) is 10.3. The van der Waals surface area contributed by atoms with E-state index in [4.69, 9.17) is 5.73 Å². The Kier molecular flexibility index (Phi) is 5.56. The Balaban J connectivity index is 0.00000196. The highest BCUT2D eigenvalue weighted by Gasteiger charge is 2.10. The lowest BCUT2D eigenvalue weighted by Gasteiger charge is -2.06. The van der Waals surface area contributed by atoms with E-state index in [-0.39, 0.29) is 23.5 Å². The summed E-state index contributed by atoms with van der Waals surface area (Å²) in [4.78, 5) is 25.3. The highest BCUT2D eigenvalue weighted by atomic mass is 79.9. The van der Waals surface area contributed by atoms with Crippen LogP contribution in [0.1, 0.15) is 6.92 Å². The first-order valence-corrected chi connectivity index (χ1v) is 4.74. The number of anilines is 1. The minimum absolute atomic E-state index is 0. The van der Waals surface area contributed by atoms with Crippen molar-refractivity contribution in [2.24, 2.45) is 5.73 Å². The average molecular weight is 297 g/mol. The third-order valence-corrected chi connectivity index (χ3v) is 2.16. The van der Waals surface area contributed by atoms with Gasteiger partial charge in [0.05, 0.1) is 10.5 Å². The van der Waals surface area contributed by atoms with Crippen LogP contribution in [0.5, 0.6) is 0 Å². The predicted octanol–water partition coefficient (Wildman–Crippen LogP) is 0.845. The van der Waals surface area contributed by atoms with Crippen LogP contribution >= 0.6 is 28.3 Å². The molecule has 1 amide bonds. The number of rotatable bonds is 2. The fourth-order valence-electron chi connectivity index (χ4n) is 0.797. The topological polar surface area (TPSA) is 88.0 Å². The molecule has 0 saturated carbocycles. The quantitative estimate of drug-likeness (QED) is 0.756. The Hall–Kier alpha value is -0.850. The molecule has 1 aromatic rings. The number of aromatic nitrogens is 1. The van der Waals surface area contributed by atoms with Gasteiger partial charge in [-0.3, -0.25) is 9.59 Å². The SMILES string of the molecule is CC(N)C(=O)Nc1c[nH]cc(Br)c1=O.Cl. The monoisotopic (exact) mass is 295 g/mol. The molecular weight excluding hydrogens is 285 g/mol. The van der Waals surface area contributed by atoms with E-state index >= 15 is 0 Å². The minimum Gasteiger partial charge on any atom is -0.365 e. The molecule has 1 rings (SSSR count). The predicted molar refractivity (Wildman–Crippen MR) is 64.3 cm³/mol. The second-order valence-corrected chi connectivity index (χ2v) is 3.68. The Morgan fingerprint density at radius 3 is 2.73 bits per heavy atom. The summed E-state index contributed by atoms with van der Waals surface area (Å²) in [5.41, 5.74) is 5.24. The van der Waals surface area contributed by atoms with E-state index in [1.807, 2.05) is 0 Å². The van der Waals surface area contributed by atoms with Crippen LogP contribution < -0.4 is 16.5 Å². The molecule has 1 aromatic heterocycles. The maximum atomic E-state index is 11.4. The van der Waals surface area contributed by atoms with E-state index in [9.17, 15) is 9.59 Å². The van der Waals surface area contributed by atoms with Crippen LogP contribution in [-0.2, 0) is 4.79 Å². The smallest absolute Gasteiger partial charge is 0.241 e. The van der Waals surface area contributed by atoms with Crippen molar-refractivity contribution in [3.63, 3.8) is 0 Å². The van der Waals surface area contributed by atoms with Crippen molar-refractivity contribution in [3.05, 3.63) is 27.1 Å². The summed E-state index contributed by atoms with van der Waals surface area (Å²) in [6.45, 7) is 1.54. The van der Waals surface area contributed by atoms with E-state index in [0.717, 1.165) is 0 Å². The highest BCUT2D eigenvalue weighted by Crippen LogP contribution is 2.05. The summed E-state index contributed by atoms with van der Waals surface area (Å²) in [6.07, 6.45) is 2.90. The van der Waals surface area contributed by atoms with E-state index in [2.05, 4.69) is 26.2 Å². The van der Waals surface area contributed by atoms with Gasteiger partial charge in [-0.25, -0.2) is 0 Å². The molecule has 15 heavy (non-hydrogen) atoms. The molecule has 0 aliphatic carbocycles. The first kappa shape index (κ1) is 14.2. The van der Waals surface area contributed by atoms with Gasteiger partial charge in [-0.05, 0) is 22.9 Å². The number of halogens is 2. The van der Waals surface area contributed by atoms with Crippen molar-refractivity contribution in [1.29, 1.82) is 0 Å². The Labute approximate surface area is 101 Å². The van der Waals surface area contributed by atoms with Gasteiger partial charge in [-0.1, -0.05) is 0 Å². The Bertz CT molecular complexity index is 405. The molecule has 0 saturated heterocycles. The van der Waals surface area contributed by atoms with Crippen molar-refractivity contribution >= 4 is 39.9 Å². The number of hydrogen-bond donors (Lipinski definition) is 3. The second kappa shape index (κ2) is 5.89. The van der Waals surface area contributed by atoms with E-state index in [0.29, 0.717) is 4.47 Å². The number of amides is 1. The van der Waals surface area contributed by atoms with E-state index < -0.39 is 11.9 Å². The van der Waals surface area contributed by atoms with Crippen molar-refractivity contribution < 1.29 is 4.79 Å². The van der Waals surface area contributed by atoms with Gasteiger partial charge in [-0.2, -0.15) is 0 Å². The summed E-state index contributed by atoms with van der Waals surface area (Å²) in [5, 5.41) is 2.41. The van der Waals surface area contributed by atoms with Crippen LogP contribution in [0.3, 0.4) is 0 Å². The van der Waals surface area contributed by atoms with Gasteiger partial charge >= 0.3 is 0 Å². The van der Waals surface area contributed by atoms with Gasteiger partial charge in [0, 0.05) is 12.4 Å². The zero-order valence-electron chi connectivity index (χ0n) is 7.91. The molecule has 0 fully saturated rings. The highest BCUT2D eigenvalue weighted by molar-refractivity contribution is 9.10. The molecule has 0 aromatic carbocycles.